The molecule has 0 saturated carbocycles. The number of unbranched alkanes of at least 4 members (excludes halogenated alkanes) is 1. The predicted molar refractivity (Wildman–Crippen MR) is 80.1 cm³/mol. The fraction of sp³-hybridized carbons (Fsp3) is 0.714. The molecule has 108 valence electrons. The van der Waals surface area contributed by atoms with Gasteiger partial charge in [0.2, 0.25) is 0 Å². The molecule has 4 nitrogen and oxygen atoms in total. The number of hydrogen-bond acceptors (Lipinski definition) is 4. The number of carboxylic acid groups (broad SMARTS) is 1. The van der Waals surface area contributed by atoms with E-state index in [1.165, 1.54) is 6.42 Å². The summed E-state index contributed by atoms with van der Waals surface area (Å²) in [5.74, 6) is -0.765. The van der Waals surface area contributed by atoms with Crippen LogP contribution in [0.3, 0.4) is 0 Å². The first-order valence-corrected chi connectivity index (χ1v) is 7.89. The number of aryl methyl sites for hydroxylation is 1. The lowest BCUT2D eigenvalue weighted by atomic mass is 10.2. The van der Waals surface area contributed by atoms with Crippen LogP contribution in [0.15, 0.2) is 5.38 Å². The van der Waals surface area contributed by atoms with E-state index in [1.54, 1.807) is 11.3 Å². The highest BCUT2D eigenvalue weighted by Gasteiger charge is 2.16. The molecule has 1 aromatic rings. The molecule has 1 aromatic heterocycles. The maximum Gasteiger partial charge on any atom is 0.303 e. The summed E-state index contributed by atoms with van der Waals surface area (Å²) < 4.78 is 0. The molecule has 0 saturated heterocycles. The Morgan fingerprint density at radius 3 is 2.84 bits per heavy atom. The van der Waals surface area contributed by atoms with Gasteiger partial charge >= 0.3 is 5.97 Å². The Hall–Kier alpha value is -1.10. The summed E-state index contributed by atoms with van der Waals surface area (Å²) in [6, 6.07) is 0.477. The number of nitrogens with zero attached hydrogens (tertiary/aromatic N) is 2. The van der Waals surface area contributed by atoms with Crippen LogP contribution < -0.4 is 4.90 Å². The van der Waals surface area contributed by atoms with Gasteiger partial charge in [0.25, 0.3) is 0 Å². The molecule has 0 amide bonds. The molecule has 0 aromatic carbocycles. The monoisotopic (exact) mass is 284 g/mol. The van der Waals surface area contributed by atoms with E-state index in [-0.39, 0.29) is 6.42 Å². The Morgan fingerprint density at radius 2 is 2.26 bits per heavy atom. The largest absolute Gasteiger partial charge is 0.481 e. The molecular weight excluding hydrogens is 260 g/mol. The Kier molecular flexibility index (Phi) is 6.84. The molecule has 1 N–H and O–H groups in total. The standard InChI is InChI=1S/C14H24N2O2S/c1-4-6-9-16(11(3)5-2)14-15-12(10-19-14)7-8-13(17)18/h10-11H,4-9H2,1-3H3,(H,17,18). The Bertz CT molecular complexity index is 393. The van der Waals surface area contributed by atoms with Gasteiger partial charge < -0.3 is 10.0 Å². The lowest BCUT2D eigenvalue weighted by molar-refractivity contribution is -0.136. The first-order valence-electron chi connectivity index (χ1n) is 7.01. The molecule has 0 aliphatic carbocycles. The highest BCUT2D eigenvalue weighted by atomic mass is 32.1. The third-order valence-electron chi connectivity index (χ3n) is 3.26. The fourth-order valence-corrected chi connectivity index (χ4v) is 2.82. The zero-order valence-electron chi connectivity index (χ0n) is 12.1. The van der Waals surface area contributed by atoms with Gasteiger partial charge in [0.05, 0.1) is 12.1 Å². The molecule has 1 rings (SSSR count). The zero-order valence-corrected chi connectivity index (χ0v) is 12.9. The van der Waals surface area contributed by atoms with Gasteiger partial charge in [-0.15, -0.1) is 11.3 Å². The van der Waals surface area contributed by atoms with E-state index >= 15 is 0 Å². The van der Waals surface area contributed by atoms with Crippen molar-refractivity contribution in [1.82, 2.24) is 4.98 Å². The van der Waals surface area contributed by atoms with E-state index in [1.807, 2.05) is 5.38 Å². The Labute approximate surface area is 119 Å². The number of rotatable bonds is 9. The molecule has 1 atom stereocenters. The lowest BCUT2D eigenvalue weighted by Gasteiger charge is -2.28. The predicted octanol–water partition coefficient (Wildman–Crippen LogP) is 3.57. The number of carboxylic acids is 1. The van der Waals surface area contributed by atoms with Crippen molar-refractivity contribution in [2.45, 2.75) is 58.9 Å². The second-order valence-corrected chi connectivity index (χ2v) is 5.66. The summed E-state index contributed by atoms with van der Waals surface area (Å²) in [6.45, 7) is 7.61. The number of hydrogen-bond donors (Lipinski definition) is 1. The van der Waals surface area contributed by atoms with Crippen LogP contribution in [0.2, 0.25) is 0 Å². The summed E-state index contributed by atoms with van der Waals surface area (Å²) in [7, 11) is 0. The third-order valence-corrected chi connectivity index (χ3v) is 4.18. The van der Waals surface area contributed by atoms with Crippen molar-refractivity contribution >= 4 is 22.4 Å². The van der Waals surface area contributed by atoms with Gasteiger partial charge in [-0.1, -0.05) is 20.3 Å². The van der Waals surface area contributed by atoms with Crippen molar-refractivity contribution in [2.75, 3.05) is 11.4 Å². The average Bonchev–Trinajstić information content (AvgIpc) is 2.85. The molecule has 0 radical (unpaired) electrons. The van der Waals surface area contributed by atoms with E-state index in [4.69, 9.17) is 5.11 Å². The highest BCUT2D eigenvalue weighted by Crippen LogP contribution is 2.24. The molecule has 5 heteroatoms. The van der Waals surface area contributed by atoms with Crippen LogP contribution in [-0.2, 0) is 11.2 Å². The molecule has 0 spiro atoms. The number of anilines is 1. The van der Waals surface area contributed by atoms with Crippen LogP contribution in [0.25, 0.3) is 0 Å². The second kappa shape index (κ2) is 8.15. The van der Waals surface area contributed by atoms with Crippen molar-refractivity contribution in [3.05, 3.63) is 11.1 Å². The van der Waals surface area contributed by atoms with E-state index in [2.05, 4.69) is 30.7 Å². The molecule has 0 aliphatic rings. The minimum atomic E-state index is -0.765. The first-order chi connectivity index (χ1) is 9.08. The van der Waals surface area contributed by atoms with Gasteiger partial charge in [-0.05, 0) is 19.8 Å². The smallest absolute Gasteiger partial charge is 0.303 e. The van der Waals surface area contributed by atoms with E-state index in [9.17, 15) is 4.79 Å². The average molecular weight is 284 g/mol. The number of thiazole rings is 1. The first kappa shape index (κ1) is 16.0. The van der Waals surface area contributed by atoms with Gasteiger partial charge in [-0.3, -0.25) is 4.79 Å². The quantitative estimate of drug-likeness (QED) is 0.753. The van der Waals surface area contributed by atoms with E-state index in [0.717, 1.165) is 30.2 Å². The number of aliphatic carboxylic acids is 1. The van der Waals surface area contributed by atoms with Crippen LogP contribution in [0.4, 0.5) is 5.13 Å². The van der Waals surface area contributed by atoms with Crippen molar-refractivity contribution in [1.29, 1.82) is 0 Å². The maximum atomic E-state index is 10.6. The van der Waals surface area contributed by atoms with Gasteiger partial charge in [0.15, 0.2) is 5.13 Å². The summed E-state index contributed by atoms with van der Waals surface area (Å²) in [5.41, 5.74) is 0.896. The number of carbonyl (C=O) groups is 1. The third kappa shape index (κ3) is 5.19. The van der Waals surface area contributed by atoms with E-state index < -0.39 is 5.97 Å². The van der Waals surface area contributed by atoms with E-state index in [0.29, 0.717) is 12.5 Å². The van der Waals surface area contributed by atoms with Crippen molar-refractivity contribution in [3.63, 3.8) is 0 Å². The van der Waals surface area contributed by atoms with Crippen LogP contribution in [0.5, 0.6) is 0 Å². The lowest BCUT2D eigenvalue weighted by Crippen LogP contribution is -2.33. The SMILES string of the molecule is CCCCN(c1nc(CCC(=O)O)cs1)C(C)CC. The normalized spacial score (nSPS) is 12.4. The molecule has 0 aliphatic heterocycles. The summed E-state index contributed by atoms with van der Waals surface area (Å²) in [4.78, 5) is 17.5. The van der Waals surface area contributed by atoms with Crippen LogP contribution in [0, 0.1) is 0 Å². The van der Waals surface area contributed by atoms with Gasteiger partial charge in [0, 0.05) is 24.4 Å². The molecule has 0 bridgehead atoms. The second-order valence-electron chi connectivity index (χ2n) is 4.82. The minimum Gasteiger partial charge on any atom is -0.481 e. The van der Waals surface area contributed by atoms with Gasteiger partial charge in [0.1, 0.15) is 0 Å². The molecule has 1 heterocycles. The van der Waals surface area contributed by atoms with Crippen LogP contribution in [-0.4, -0.2) is 28.6 Å². The van der Waals surface area contributed by atoms with Crippen LogP contribution in [0.1, 0.15) is 52.1 Å². The summed E-state index contributed by atoms with van der Waals surface area (Å²) >= 11 is 1.63. The van der Waals surface area contributed by atoms with Gasteiger partial charge in [-0.25, -0.2) is 4.98 Å². The molecule has 19 heavy (non-hydrogen) atoms. The van der Waals surface area contributed by atoms with Crippen molar-refractivity contribution in [3.8, 4) is 0 Å². The maximum absolute atomic E-state index is 10.6. The Balaban J connectivity index is 2.70. The fourth-order valence-electron chi connectivity index (χ4n) is 1.83. The minimum absolute atomic E-state index is 0.154. The zero-order chi connectivity index (χ0) is 14.3. The molecule has 0 fully saturated rings. The summed E-state index contributed by atoms with van der Waals surface area (Å²) in [6.07, 6.45) is 4.10. The summed E-state index contributed by atoms with van der Waals surface area (Å²) in [5, 5.41) is 11.7. The van der Waals surface area contributed by atoms with Crippen LogP contribution >= 0.6 is 11.3 Å². The van der Waals surface area contributed by atoms with Crippen molar-refractivity contribution in [2.24, 2.45) is 0 Å². The topological polar surface area (TPSA) is 53.4 Å². The molecule has 1 unspecified atom stereocenters. The number of aromatic nitrogens is 1. The van der Waals surface area contributed by atoms with Crippen molar-refractivity contribution < 1.29 is 9.90 Å². The molecular formula is C14H24N2O2S. The van der Waals surface area contributed by atoms with Gasteiger partial charge in [-0.2, -0.15) is 0 Å². The Morgan fingerprint density at radius 1 is 1.53 bits per heavy atom. The highest BCUT2D eigenvalue weighted by molar-refractivity contribution is 7.13.